The highest BCUT2D eigenvalue weighted by molar-refractivity contribution is 7.09. The lowest BCUT2D eigenvalue weighted by molar-refractivity contribution is 0.215. The second-order valence-corrected chi connectivity index (χ2v) is 7.77. The van der Waals surface area contributed by atoms with E-state index in [9.17, 15) is 13.6 Å². The van der Waals surface area contributed by atoms with Gasteiger partial charge in [-0.25, -0.2) is 18.6 Å². The Kier molecular flexibility index (Phi) is 6.18. The van der Waals surface area contributed by atoms with Gasteiger partial charge in [-0.1, -0.05) is 30.3 Å². The number of rotatable bonds is 4. The number of benzene rings is 2. The summed E-state index contributed by atoms with van der Waals surface area (Å²) in [5, 5.41) is 3.36. The van der Waals surface area contributed by atoms with Crippen LogP contribution in [0.4, 0.5) is 24.4 Å². The van der Waals surface area contributed by atoms with E-state index < -0.39 is 17.7 Å². The van der Waals surface area contributed by atoms with Crippen LogP contribution in [0, 0.1) is 11.6 Å². The van der Waals surface area contributed by atoms with E-state index in [4.69, 9.17) is 0 Å². The zero-order valence-electron chi connectivity index (χ0n) is 16.2. The highest BCUT2D eigenvalue weighted by Gasteiger charge is 2.22. The molecular weight excluding hydrogens is 408 g/mol. The molecule has 0 radical (unpaired) electrons. The van der Waals surface area contributed by atoms with Crippen LogP contribution in [0.3, 0.4) is 0 Å². The number of nitrogens with zero attached hydrogens (tertiary/aromatic N) is 4. The first-order valence-electron chi connectivity index (χ1n) is 9.71. The van der Waals surface area contributed by atoms with Crippen molar-refractivity contribution in [1.82, 2.24) is 14.3 Å². The molecule has 1 aliphatic heterocycles. The fourth-order valence-electron chi connectivity index (χ4n) is 3.32. The predicted molar refractivity (Wildman–Crippen MR) is 113 cm³/mol. The third-order valence-corrected chi connectivity index (χ3v) is 5.70. The van der Waals surface area contributed by atoms with Gasteiger partial charge in [-0.2, -0.15) is 4.37 Å². The van der Waals surface area contributed by atoms with Crippen molar-refractivity contribution < 1.29 is 13.6 Å². The molecule has 0 spiro atoms. The molecule has 3 aromatic rings. The molecule has 30 heavy (non-hydrogen) atoms. The van der Waals surface area contributed by atoms with Crippen molar-refractivity contribution in [3.63, 3.8) is 0 Å². The van der Waals surface area contributed by atoms with Crippen molar-refractivity contribution in [2.45, 2.75) is 12.8 Å². The zero-order chi connectivity index (χ0) is 20.9. The summed E-state index contributed by atoms with van der Waals surface area (Å²) in [6, 6.07) is 12.8. The van der Waals surface area contributed by atoms with Gasteiger partial charge < -0.3 is 15.1 Å². The van der Waals surface area contributed by atoms with Crippen LogP contribution >= 0.6 is 11.5 Å². The summed E-state index contributed by atoms with van der Waals surface area (Å²) in [4.78, 5) is 20.9. The summed E-state index contributed by atoms with van der Waals surface area (Å²) in [5.74, 6) is -0.689. The summed E-state index contributed by atoms with van der Waals surface area (Å²) >= 11 is 1.36. The van der Waals surface area contributed by atoms with Crippen LogP contribution < -0.4 is 10.2 Å². The molecule has 1 saturated heterocycles. The molecule has 2 heterocycles. The van der Waals surface area contributed by atoms with E-state index in [0.29, 0.717) is 26.1 Å². The Morgan fingerprint density at radius 1 is 1.07 bits per heavy atom. The first-order chi connectivity index (χ1) is 14.6. The monoisotopic (exact) mass is 429 g/mol. The van der Waals surface area contributed by atoms with Gasteiger partial charge in [-0.3, -0.25) is 0 Å². The van der Waals surface area contributed by atoms with Crippen molar-refractivity contribution in [2.24, 2.45) is 0 Å². The van der Waals surface area contributed by atoms with Crippen LogP contribution in [0.15, 0.2) is 48.5 Å². The Balaban J connectivity index is 1.35. The molecule has 9 heteroatoms. The van der Waals surface area contributed by atoms with Gasteiger partial charge in [0, 0.05) is 50.2 Å². The minimum Gasteiger partial charge on any atom is -0.345 e. The third-order valence-electron chi connectivity index (χ3n) is 4.89. The highest BCUT2D eigenvalue weighted by Crippen LogP contribution is 2.21. The fourth-order valence-corrected chi connectivity index (χ4v) is 4.06. The molecule has 6 nitrogen and oxygen atoms in total. The fraction of sp³-hybridized carbons (Fsp3) is 0.286. The molecule has 1 fully saturated rings. The van der Waals surface area contributed by atoms with E-state index in [-0.39, 0.29) is 5.69 Å². The number of urea groups is 1. The van der Waals surface area contributed by atoms with E-state index in [1.165, 1.54) is 17.6 Å². The van der Waals surface area contributed by atoms with Crippen molar-refractivity contribution in [1.29, 1.82) is 0 Å². The largest absolute Gasteiger partial charge is 0.345 e. The lowest BCUT2D eigenvalue weighted by atomic mass is 10.1. The minimum absolute atomic E-state index is 0.0304. The number of hydrogen-bond donors (Lipinski definition) is 1. The molecule has 1 N–H and O–H groups in total. The SMILES string of the molecule is O=C(Nc1ccc(F)cc1F)N1CCCN(c2nc(Cc3ccccc3)ns2)CC1. The molecule has 0 bridgehead atoms. The van der Waals surface area contributed by atoms with Gasteiger partial charge in [0.2, 0.25) is 5.13 Å². The van der Waals surface area contributed by atoms with E-state index >= 15 is 0 Å². The number of halogens is 2. The van der Waals surface area contributed by atoms with Gasteiger partial charge in [-0.15, -0.1) is 0 Å². The molecule has 0 saturated carbocycles. The van der Waals surface area contributed by atoms with Crippen LogP contribution in [0.1, 0.15) is 17.8 Å². The number of hydrogen-bond acceptors (Lipinski definition) is 5. The third kappa shape index (κ3) is 4.91. The Labute approximate surface area is 177 Å². The first-order valence-corrected chi connectivity index (χ1v) is 10.5. The maximum absolute atomic E-state index is 13.8. The van der Waals surface area contributed by atoms with Crippen molar-refractivity contribution >= 4 is 28.4 Å². The van der Waals surface area contributed by atoms with E-state index in [2.05, 4.69) is 19.6 Å². The average molecular weight is 429 g/mol. The lowest BCUT2D eigenvalue weighted by Crippen LogP contribution is -2.38. The summed E-state index contributed by atoms with van der Waals surface area (Å²) in [5.41, 5.74) is 1.13. The first kappa shape index (κ1) is 20.2. The van der Waals surface area contributed by atoms with Gasteiger partial charge in [0.1, 0.15) is 17.5 Å². The topological polar surface area (TPSA) is 61.4 Å². The van der Waals surface area contributed by atoms with Gasteiger partial charge in [0.15, 0.2) is 0 Å². The number of nitrogens with one attached hydrogen (secondary N) is 1. The lowest BCUT2D eigenvalue weighted by Gasteiger charge is -2.22. The smallest absolute Gasteiger partial charge is 0.321 e. The van der Waals surface area contributed by atoms with Gasteiger partial charge >= 0.3 is 6.03 Å². The molecule has 2 amide bonds. The summed E-state index contributed by atoms with van der Waals surface area (Å²) in [6.07, 6.45) is 1.44. The van der Waals surface area contributed by atoms with Crippen LogP contribution in [0.25, 0.3) is 0 Å². The van der Waals surface area contributed by atoms with E-state index in [1.54, 1.807) is 4.90 Å². The number of aromatic nitrogens is 2. The second kappa shape index (κ2) is 9.17. The Hall–Kier alpha value is -3.07. The van der Waals surface area contributed by atoms with Crippen LogP contribution in [-0.4, -0.2) is 46.5 Å². The zero-order valence-corrected chi connectivity index (χ0v) is 17.0. The molecule has 0 unspecified atom stereocenters. The Bertz CT molecular complexity index is 1010. The van der Waals surface area contributed by atoms with Gasteiger partial charge in [-0.05, 0) is 24.1 Å². The standard InChI is InChI=1S/C21H21F2N5OS/c22-16-7-8-18(17(23)14-16)24-20(29)27-9-4-10-28(12-11-27)21-25-19(26-30-21)13-15-5-2-1-3-6-15/h1-3,5-8,14H,4,9-13H2,(H,24,29). The average Bonchev–Trinajstić information content (AvgIpc) is 3.05. The van der Waals surface area contributed by atoms with E-state index in [0.717, 1.165) is 41.6 Å². The number of amides is 2. The van der Waals surface area contributed by atoms with Crippen LogP contribution in [-0.2, 0) is 6.42 Å². The molecule has 1 aliphatic rings. The Morgan fingerprint density at radius 3 is 2.70 bits per heavy atom. The molecule has 0 aliphatic carbocycles. The molecule has 0 atom stereocenters. The second-order valence-electron chi connectivity index (χ2n) is 7.04. The summed E-state index contributed by atoms with van der Waals surface area (Å²) in [6.45, 7) is 2.39. The van der Waals surface area contributed by atoms with Crippen molar-refractivity contribution in [3.8, 4) is 0 Å². The number of carbonyl (C=O) groups is 1. The number of carbonyl (C=O) groups excluding carboxylic acids is 1. The summed E-state index contributed by atoms with van der Waals surface area (Å²) in [7, 11) is 0. The molecule has 2 aromatic carbocycles. The maximum Gasteiger partial charge on any atom is 0.321 e. The van der Waals surface area contributed by atoms with Crippen LogP contribution in [0.2, 0.25) is 0 Å². The number of anilines is 2. The quantitative estimate of drug-likeness (QED) is 0.677. The van der Waals surface area contributed by atoms with Crippen LogP contribution in [0.5, 0.6) is 0 Å². The highest BCUT2D eigenvalue weighted by atomic mass is 32.1. The minimum atomic E-state index is -0.792. The van der Waals surface area contributed by atoms with E-state index in [1.807, 2.05) is 30.3 Å². The van der Waals surface area contributed by atoms with Gasteiger partial charge in [0.25, 0.3) is 0 Å². The van der Waals surface area contributed by atoms with Crippen molar-refractivity contribution in [2.75, 3.05) is 36.4 Å². The molecule has 4 rings (SSSR count). The molecule has 156 valence electrons. The van der Waals surface area contributed by atoms with Crippen molar-refractivity contribution in [3.05, 3.63) is 71.6 Å². The Morgan fingerprint density at radius 2 is 1.90 bits per heavy atom. The summed E-state index contributed by atoms with van der Waals surface area (Å²) < 4.78 is 31.3. The predicted octanol–water partition coefficient (Wildman–Crippen LogP) is 4.15. The molecule has 1 aromatic heterocycles. The van der Waals surface area contributed by atoms with Gasteiger partial charge in [0.05, 0.1) is 5.69 Å². The molecular formula is C21H21F2N5OS. The normalized spacial score (nSPS) is 14.5. The maximum atomic E-state index is 13.8.